The van der Waals surface area contributed by atoms with Gasteiger partial charge in [0, 0.05) is 37.4 Å². The van der Waals surface area contributed by atoms with Crippen LogP contribution in [0.4, 0.5) is 5.69 Å². The molecule has 5 nitrogen and oxygen atoms in total. The summed E-state index contributed by atoms with van der Waals surface area (Å²) in [5.74, 6) is 0.961. The normalized spacial score (nSPS) is 15.1. The van der Waals surface area contributed by atoms with Gasteiger partial charge < -0.3 is 19.7 Å². The van der Waals surface area contributed by atoms with Crippen LogP contribution in [0.15, 0.2) is 48.5 Å². The zero-order valence-corrected chi connectivity index (χ0v) is 19.2. The first kappa shape index (κ1) is 21.8. The summed E-state index contributed by atoms with van der Waals surface area (Å²) in [7, 11) is 0. The van der Waals surface area contributed by atoms with Crippen molar-refractivity contribution in [2.75, 3.05) is 57.3 Å². The second kappa shape index (κ2) is 10.8. The van der Waals surface area contributed by atoms with Crippen molar-refractivity contribution in [1.82, 2.24) is 19.8 Å². The number of fused-ring (bicyclic) bond motifs is 1. The zero-order valence-electron chi connectivity index (χ0n) is 19.2. The number of likely N-dealkylation sites (tertiary alicyclic amines) is 1. The van der Waals surface area contributed by atoms with Crippen molar-refractivity contribution in [1.29, 1.82) is 0 Å². The van der Waals surface area contributed by atoms with Crippen LogP contribution in [-0.2, 0) is 0 Å². The fourth-order valence-corrected chi connectivity index (χ4v) is 4.63. The Kier molecular flexibility index (Phi) is 7.60. The van der Waals surface area contributed by atoms with E-state index in [4.69, 9.17) is 4.98 Å². The van der Waals surface area contributed by atoms with Gasteiger partial charge in [-0.2, -0.15) is 0 Å². The summed E-state index contributed by atoms with van der Waals surface area (Å²) in [6.07, 6.45) is 4.07. The molecule has 1 aliphatic rings. The third-order valence-corrected chi connectivity index (χ3v) is 6.60. The molecule has 0 aliphatic carbocycles. The van der Waals surface area contributed by atoms with E-state index in [1.54, 1.807) is 0 Å². The quantitative estimate of drug-likeness (QED) is 0.509. The average molecular weight is 420 g/mol. The fourth-order valence-electron chi connectivity index (χ4n) is 4.63. The number of rotatable bonds is 10. The molecule has 166 valence electrons. The molecule has 5 heteroatoms. The van der Waals surface area contributed by atoms with E-state index in [9.17, 15) is 0 Å². The fraction of sp³-hybridized carbons (Fsp3) is 0.500. The largest absolute Gasteiger partial charge is 0.368 e. The summed E-state index contributed by atoms with van der Waals surface area (Å²) in [5.41, 5.74) is 4.59. The number of benzene rings is 2. The third-order valence-electron chi connectivity index (χ3n) is 6.60. The molecule has 1 fully saturated rings. The van der Waals surface area contributed by atoms with Crippen LogP contribution in [0.5, 0.6) is 0 Å². The van der Waals surface area contributed by atoms with Crippen molar-refractivity contribution in [2.24, 2.45) is 0 Å². The first-order chi connectivity index (χ1) is 15.3. The van der Waals surface area contributed by atoms with Crippen LogP contribution in [0.3, 0.4) is 0 Å². The molecule has 1 aliphatic heterocycles. The molecular weight excluding hydrogens is 382 g/mol. The number of hydrogen-bond acceptors (Lipinski definition) is 4. The zero-order chi connectivity index (χ0) is 21.5. The minimum absolute atomic E-state index is 0.961. The maximum atomic E-state index is 4.90. The molecule has 31 heavy (non-hydrogen) atoms. The van der Waals surface area contributed by atoms with Gasteiger partial charge in [-0.1, -0.05) is 44.5 Å². The molecule has 2 heterocycles. The van der Waals surface area contributed by atoms with E-state index >= 15 is 0 Å². The Labute approximate surface area is 187 Å². The summed E-state index contributed by atoms with van der Waals surface area (Å²) < 4.78 is 0. The Morgan fingerprint density at radius 1 is 0.871 bits per heavy atom. The van der Waals surface area contributed by atoms with Crippen LogP contribution in [-0.4, -0.2) is 72.1 Å². The van der Waals surface area contributed by atoms with Gasteiger partial charge in [0.2, 0.25) is 0 Å². The van der Waals surface area contributed by atoms with Gasteiger partial charge in [0.25, 0.3) is 0 Å². The number of para-hydroxylation sites is 3. The van der Waals surface area contributed by atoms with E-state index in [-0.39, 0.29) is 0 Å². The lowest BCUT2D eigenvalue weighted by molar-refractivity contribution is 0.231. The second-order valence-corrected chi connectivity index (χ2v) is 8.54. The number of H-pyrrole nitrogens is 1. The van der Waals surface area contributed by atoms with E-state index in [0.717, 1.165) is 56.1 Å². The van der Waals surface area contributed by atoms with E-state index in [1.165, 1.54) is 43.6 Å². The van der Waals surface area contributed by atoms with Crippen LogP contribution in [0.1, 0.15) is 33.1 Å². The summed E-state index contributed by atoms with van der Waals surface area (Å²) in [6.45, 7) is 13.5. The van der Waals surface area contributed by atoms with E-state index in [0.29, 0.717) is 0 Å². The number of nitrogens with zero attached hydrogens (tertiary/aromatic N) is 4. The predicted molar refractivity (Wildman–Crippen MR) is 132 cm³/mol. The molecule has 4 rings (SSSR count). The SMILES string of the molecule is CCN(CC)CCN(CCN1CCCCC1)c1ccccc1-c1nc2ccccc2[nH]1. The van der Waals surface area contributed by atoms with Crippen LogP contribution in [0, 0.1) is 0 Å². The lowest BCUT2D eigenvalue weighted by Crippen LogP contribution is -2.41. The molecule has 0 atom stereocenters. The molecule has 0 amide bonds. The monoisotopic (exact) mass is 419 g/mol. The molecule has 1 aromatic heterocycles. The van der Waals surface area contributed by atoms with E-state index in [1.807, 2.05) is 6.07 Å². The Bertz CT molecular complexity index is 907. The van der Waals surface area contributed by atoms with Crippen molar-refractivity contribution in [3.63, 3.8) is 0 Å². The lowest BCUT2D eigenvalue weighted by Gasteiger charge is -2.33. The van der Waals surface area contributed by atoms with E-state index in [2.05, 4.69) is 76.0 Å². The molecule has 3 aromatic rings. The smallest absolute Gasteiger partial charge is 0.140 e. The number of aromatic nitrogens is 2. The number of anilines is 1. The maximum Gasteiger partial charge on any atom is 0.140 e. The van der Waals surface area contributed by atoms with Gasteiger partial charge in [0.1, 0.15) is 5.82 Å². The molecule has 0 saturated carbocycles. The van der Waals surface area contributed by atoms with E-state index < -0.39 is 0 Å². The Morgan fingerprint density at radius 3 is 2.39 bits per heavy atom. The van der Waals surface area contributed by atoms with Gasteiger partial charge in [-0.05, 0) is 63.3 Å². The minimum atomic E-state index is 0.961. The molecular formula is C26H37N5. The molecule has 0 spiro atoms. The summed E-state index contributed by atoms with van der Waals surface area (Å²) in [6, 6.07) is 17.0. The van der Waals surface area contributed by atoms with Crippen LogP contribution < -0.4 is 4.90 Å². The van der Waals surface area contributed by atoms with Crippen molar-refractivity contribution >= 4 is 16.7 Å². The van der Waals surface area contributed by atoms with Gasteiger partial charge in [0.05, 0.1) is 11.0 Å². The molecule has 0 unspecified atom stereocenters. The molecule has 1 saturated heterocycles. The molecule has 0 bridgehead atoms. The van der Waals surface area contributed by atoms with Gasteiger partial charge in [0.15, 0.2) is 0 Å². The summed E-state index contributed by atoms with van der Waals surface area (Å²) in [4.78, 5) is 16.2. The van der Waals surface area contributed by atoms with Crippen molar-refractivity contribution in [3.05, 3.63) is 48.5 Å². The topological polar surface area (TPSA) is 38.4 Å². The summed E-state index contributed by atoms with van der Waals surface area (Å²) in [5, 5.41) is 0. The van der Waals surface area contributed by atoms with Crippen LogP contribution >= 0.6 is 0 Å². The highest BCUT2D eigenvalue weighted by molar-refractivity contribution is 5.83. The number of hydrogen-bond donors (Lipinski definition) is 1. The number of nitrogens with one attached hydrogen (secondary N) is 1. The van der Waals surface area contributed by atoms with Gasteiger partial charge in [-0.25, -0.2) is 4.98 Å². The second-order valence-electron chi connectivity index (χ2n) is 8.54. The van der Waals surface area contributed by atoms with Crippen molar-refractivity contribution in [2.45, 2.75) is 33.1 Å². The Balaban J connectivity index is 1.59. The number of piperidine rings is 1. The van der Waals surface area contributed by atoms with Crippen LogP contribution in [0.25, 0.3) is 22.4 Å². The predicted octanol–water partition coefficient (Wildman–Crippen LogP) is 4.86. The minimum Gasteiger partial charge on any atom is -0.368 e. The highest BCUT2D eigenvalue weighted by atomic mass is 15.2. The molecule has 2 aromatic carbocycles. The first-order valence-corrected chi connectivity index (χ1v) is 12.0. The lowest BCUT2D eigenvalue weighted by atomic mass is 10.1. The Morgan fingerprint density at radius 2 is 1.61 bits per heavy atom. The number of likely N-dealkylation sites (N-methyl/N-ethyl adjacent to an activating group) is 1. The van der Waals surface area contributed by atoms with Crippen molar-refractivity contribution < 1.29 is 0 Å². The van der Waals surface area contributed by atoms with Gasteiger partial charge >= 0.3 is 0 Å². The Hall–Kier alpha value is -2.37. The number of aromatic amines is 1. The first-order valence-electron chi connectivity index (χ1n) is 12.0. The maximum absolute atomic E-state index is 4.90. The van der Waals surface area contributed by atoms with Gasteiger partial charge in [-0.3, -0.25) is 0 Å². The highest BCUT2D eigenvalue weighted by Gasteiger charge is 2.18. The van der Waals surface area contributed by atoms with Crippen LogP contribution in [0.2, 0.25) is 0 Å². The molecule has 0 radical (unpaired) electrons. The third kappa shape index (κ3) is 5.46. The average Bonchev–Trinajstić information content (AvgIpc) is 3.26. The number of imidazole rings is 1. The van der Waals surface area contributed by atoms with Crippen molar-refractivity contribution in [3.8, 4) is 11.4 Å². The molecule has 1 N–H and O–H groups in total. The standard InChI is InChI=1S/C26H37N5/c1-3-29(4-2)18-20-31(21-19-30-16-10-5-11-17-30)25-15-9-6-12-22(25)26-27-23-13-7-8-14-24(23)28-26/h6-9,12-15H,3-5,10-11,16-21H2,1-2H3,(H,27,28). The van der Waals surface area contributed by atoms with Gasteiger partial charge in [-0.15, -0.1) is 0 Å². The highest BCUT2D eigenvalue weighted by Crippen LogP contribution is 2.30. The summed E-state index contributed by atoms with van der Waals surface area (Å²) >= 11 is 0.